The SMILES string of the molecule is Cl.Cl.O=C(O)/C=C/c1cnc(N[C@@H]2CCCNC2)cn1. The molecule has 2 heterocycles. The van der Waals surface area contributed by atoms with Crippen molar-refractivity contribution in [2.75, 3.05) is 18.4 Å². The number of carboxylic acids is 1. The third-order valence-corrected chi connectivity index (χ3v) is 2.72. The lowest BCUT2D eigenvalue weighted by Gasteiger charge is -2.24. The van der Waals surface area contributed by atoms with E-state index < -0.39 is 5.97 Å². The van der Waals surface area contributed by atoms with Gasteiger partial charge in [0.05, 0.1) is 18.1 Å². The summed E-state index contributed by atoms with van der Waals surface area (Å²) in [6.07, 6.45) is 7.91. The quantitative estimate of drug-likeness (QED) is 0.730. The zero-order valence-electron chi connectivity index (χ0n) is 10.8. The number of anilines is 1. The molecule has 6 nitrogen and oxygen atoms in total. The van der Waals surface area contributed by atoms with Gasteiger partial charge < -0.3 is 15.7 Å². The number of aliphatic carboxylic acids is 1. The number of hydrogen-bond acceptors (Lipinski definition) is 5. The van der Waals surface area contributed by atoms with Crippen molar-refractivity contribution in [1.29, 1.82) is 0 Å². The largest absolute Gasteiger partial charge is 0.478 e. The van der Waals surface area contributed by atoms with Crippen molar-refractivity contribution in [3.63, 3.8) is 0 Å². The van der Waals surface area contributed by atoms with Crippen LogP contribution < -0.4 is 10.6 Å². The zero-order chi connectivity index (χ0) is 12.8. The van der Waals surface area contributed by atoms with Crippen LogP contribution in [-0.4, -0.2) is 40.2 Å². The van der Waals surface area contributed by atoms with E-state index in [4.69, 9.17) is 5.11 Å². The van der Waals surface area contributed by atoms with Gasteiger partial charge in [-0.3, -0.25) is 4.98 Å². The lowest BCUT2D eigenvalue weighted by molar-refractivity contribution is -0.131. The number of halogens is 2. The van der Waals surface area contributed by atoms with Gasteiger partial charge in [-0.2, -0.15) is 0 Å². The van der Waals surface area contributed by atoms with Gasteiger partial charge in [-0.1, -0.05) is 0 Å². The molecule has 20 heavy (non-hydrogen) atoms. The first-order valence-electron chi connectivity index (χ1n) is 5.94. The second-order valence-corrected chi connectivity index (χ2v) is 4.19. The summed E-state index contributed by atoms with van der Waals surface area (Å²) in [7, 11) is 0. The molecule has 1 saturated heterocycles. The molecule has 0 aliphatic carbocycles. The average Bonchev–Trinajstić information content (AvgIpc) is 2.39. The number of carboxylic acid groups (broad SMARTS) is 1. The fraction of sp³-hybridized carbons (Fsp3) is 0.417. The number of nitrogens with one attached hydrogen (secondary N) is 2. The third-order valence-electron chi connectivity index (χ3n) is 2.72. The summed E-state index contributed by atoms with van der Waals surface area (Å²) in [5.41, 5.74) is 0.532. The lowest BCUT2D eigenvalue weighted by Crippen LogP contribution is -2.38. The van der Waals surface area contributed by atoms with Crippen molar-refractivity contribution in [3.05, 3.63) is 24.2 Å². The second-order valence-electron chi connectivity index (χ2n) is 4.19. The van der Waals surface area contributed by atoms with E-state index >= 15 is 0 Å². The molecule has 0 spiro atoms. The molecular formula is C12H18Cl2N4O2. The van der Waals surface area contributed by atoms with Crippen LogP contribution in [0, 0.1) is 0 Å². The number of hydrogen-bond donors (Lipinski definition) is 3. The van der Waals surface area contributed by atoms with Gasteiger partial charge in [0.15, 0.2) is 0 Å². The summed E-state index contributed by atoms with van der Waals surface area (Å²) in [6, 6.07) is 0.383. The highest BCUT2D eigenvalue weighted by Crippen LogP contribution is 2.09. The van der Waals surface area contributed by atoms with Crippen LogP contribution in [0.25, 0.3) is 6.08 Å². The van der Waals surface area contributed by atoms with Crippen LogP contribution in [0.4, 0.5) is 5.82 Å². The van der Waals surface area contributed by atoms with Crippen LogP contribution >= 0.6 is 24.8 Å². The molecule has 0 unspecified atom stereocenters. The highest BCUT2D eigenvalue weighted by atomic mass is 35.5. The predicted molar refractivity (Wildman–Crippen MR) is 82.7 cm³/mol. The Hall–Kier alpha value is -1.37. The Morgan fingerprint density at radius 2 is 2.20 bits per heavy atom. The molecule has 1 atom stereocenters. The van der Waals surface area contributed by atoms with Crippen LogP contribution in [0.2, 0.25) is 0 Å². The van der Waals surface area contributed by atoms with Gasteiger partial charge in [0.1, 0.15) is 5.82 Å². The van der Waals surface area contributed by atoms with Gasteiger partial charge in [-0.25, -0.2) is 9.78 Å². The van der Waals surface area contributed by atoms with Gasteiger partial charge >= 0.3 is 5.97 Å². The predicted octanol–water partition coefficient (Wildman–Crippen LogP) is 1.58. The molecule has 0 radical (unpaired) electrons. The molecule has 1 aliphatic rings. The van der Waals surface area contributed by atoms with Crippen LogP contribution in [0.1, 0.15) is 18.5 Å². The molecule has 2 rings (SSSR count). The molecule has 1 aliphatic heterocycles. The Morgan fingerprint density at radius 1 is 1.40 bits per heavy atom. The molecule has 1 fully saturated rings. The van der Waals surface area contributed by atoms with Crippen molar-refractivity contribution >= 4 is 42.7 Å². The van der Waals surface area contributed by atoms with Crippen LogP contribution in [0.5, 0.6) is 0 Å². The van der Waals surface area contributed by atoms with E-state index in [1.165, 1.54) is 6.08 Å². The first-order chi connectivity index (χ1) is 8.74. The van der Waals surface area contributed by atoms with Gasteiger partial charge in [-0.15, -0.1) is 24.8 Å². The Labute approximate surface area is 129 Å². The molecular weight excluding hydrogens is 303 g/mol. The maximum Gasteiger partial charge on any atom is 0.328 e. The summed E-state index contributed by atoms with van der Waals surface area (Å²) in [4.78, 5) is 18.7. The molecule has 0 aromatic carbocycles. The van der Waals surface area contributed by atoms with Crippen molar-refractivity contribution < 1.29 is 9.90 Å². The van der Waals surface area contributed by atoms with E-state index in [2.05, 4.69) is 20.6 Å². The van der Waals surface area contributed by atoms with E-state index in [0.29, 0.717) is 11.7 Å². The number of aromatic nitrogens is 2. The highest BCUT2D eigenvalue weighted by Gasteiger charge is 2.12. The summed E-state index contributed by atoms with van der Waals surface area (Å²) in [5.74, 6) is -0.275. The van der Waals surface area contributed by atoms with E-state index in [0.717, 1.165) is 37.8 Å². The van der Waals surface area contributed by atoms with E-state index in [-0.39, 0.29) is 24.8 Å². The van der Waals surface area contributed by atoms with Crippen LogP contribution in [-0.2, 0) is 4.79 Å². The maximum atomic E-state index is 10.3. The number of piperidine rings is 1. The van der Waals surface area contributed by atoms with E-state index in [1.54, 1.807) is 12.4 Å². The molecule has 3 N–H and O–H groups in total. The fourth-order valence-electron chi connectivity index (χ4n) is 1.84. The smallest absolute Gasteiger partial charge is 0.328 e. The van der Waals surface area contributed by atoms with E-state index in [9.17, 15) is 4.79 Å². The molecule has 1 aromatic rings. The third kappa shape index (κ3) is 6.18. The minimum atomic E-state index is -0.993. The van der Waals surface area contributed by atoms with E-state index in [1.807, 2.05) is 0 Å². The fourth-order valence-corrected chi connectivity index (χ4v) is 1.84. The number of carbonyl (C=O) groups is 1. The normalized spacial score (nSPS) is 17.9. The Bertz CT molecular complexity index is 434. The topological polar surface area (TPSA) is 87.1 Å². The molecule has 1 aromatic heterocycles. The second kappa shape index (κ2) is 9.52. The molecule has 0 saturated carbocycles. The van der Waals surface area contributed by atoms with Gasteiger partial charge in [0.2, 0.25) is 0 Å². The summed E-state index contributed by atoms with van der Waals surface area (Å²) >= 11 is 0. The molecule has 112 valence electrons. The van der Waals surface area contributed by atoms with Gasteiger partial charge in [-0.05, 0) is 25.5 Å². The Kier molecular flexibility index (Phi) is 8.87. The average molecular weight is 321 g/mol. The number of rotatable bonds is 4. The van der Waals surface area contributed by atoms with Crippen LogP contribution in [0.3, 0.4) is 0 Å². The maximum absolute atomic E-state index is 10.3. The summed E-state index contributed by atoms with van der Waals surface area (Å²) in [6.45, 7) is 2.01. The monoisotopic (exact) mass is 320 g/mol. The van der Waals surface area contributed by atoms with Crippen molar-refractivity contribution in [3.8, 4) is 0 Å². The van der Waals surface area contributed by atoms with Gasteiger partial charge in [0.25, 0.3) is 0 Å². The van der Waals surface area contributed by atoms with Crippen molar-refractivity contribution in [2.45, 2.75) is 18.9 Å². The summed E-state index contributed by atoms with van der Waals surface area (Å²) < 4.78 is 0. The summed E-state index contributed by atoms with van der Waals surface area (Å²) in [5, 5.41) is 15.1. The minimum absolute atomic E-state index is 0. The lowest BCUT2D eigenvalue weighted by atomic mass is 10.1. The number of nitrogens with zero attached hydrogens (tertiary/aromatic N) is 2. The molecule has 0 bridgehead atoms. The highest BCUT2D eigenvalue weighted by molar-refractivity contribution is 5.85. The Morgan fingerprint density at radius 3 is 2.75 bits per heavy atom. The van der Waals surface area contributed by atoms with Gasteiger partial charge in [0, 0.05) is 18.7 Å². The van der Waals surface area contributed by atoms with Crippen molar-refractivity contribution in [1.82, 2.24) is 15.3 Å². The zero-order valence-corrected chi connectivity index (χ0v) is 12.4. The first-order valence-corrected chi connectivity index (χ1v) is 5.94. The van der Waals surface area contributed by atoms with Crippen LogP contribution in [0.15, 0.2) is 18.5 Å². The van der Waals surface area contributed by atoms with Crippen molar-refractivity contribution in [2.24, 2.45) is 0 Å². The standard InChI is InChI=1S/C12H16N4O2.2ClH/c17-12(18)4-3-9-7-15-11(8-14-9)16-10-2-1-5-13-6-10;;/h3-4,7-8,10,13H,1-2,5-6H2,(H,15,16)(H,17,18);2*1H/b4-3+;;/t10-;;/m1../s1. The Balaban J connectivity index is 0.00000180. The minimum Gasteiger partial charge on any atom is -0.478 e. The first kappa shape index (κ1) is 18.6. The molecule has 8 heteroatoms. The molecule has 0 amide bonds.